The van der Waals surface area contributed by atoms with Crippen LogP contribution >= 0.6 is 0 Å². The number of nitrogens with one attached hydrogen (secondary N) is 1. The zero-order valence-corrected chi connectivity index (χ0v) is 12.6. The van der Waals surface area contributed by atoms with E-state index in [-0.39, 0.29) is 0 Å². The second-order valence-corrected chi connectivity index (χ2v) is 7.91. The third-order valence-electron chi connectivity index (χ3n) is 6.08. The zero-order valence-electron chi connectivity index (χ0n) is 12.6. The van der Waals surface area contributed by atoms with Crippen LogP contribution in [0.4, 0.5) is 0 Å². The smallest absolute Gasteiger partial charge is 0.0183 e. The maximum Gasteiger partial charge on any atom is 0.0183 e. The first-order valence-corrected chi connectivity index (χ1v) is 7.53. The van der Waals surface area contributed by atoms with Crippen molar-refractivity contribution >= 4 is 0 Å². The first-order valence-electron chi connectivity index (χ1n) is 7.53. The first kappa shape index (κ1) is 13.4. The van der Waals surface area contributed by atoms with Gasteiger partial charge in [0.2, 0.25) is 0 Å². The summed E-state index contributed by atoms with van der Waals surface area (Å²) in [5.74, 6) is 1.81. The van der Waals surface area contributed by atoms with Gasteiger partial charge in [0.1, 0.15) is 0 Å². The number of hydrogen-bond acceptors (Lipinski definition) is 1. The van der Waals surface area contributed by atoms with Crippen molar-refractivity contribution in [2.45, 2.75) is 79.3 Å². The molecule has 0 spiro atoms. The molecule has 0 heterocycles. The maximum atomic E-state index is 3.96. The molecule has 2 atom stereocenters. The van der Waals surface area contributed by atoms with E-state index in [1.54, 1.807) is 0 Å². The maximum absolute atomic E-state index is 3.96. The normalized spacial score (nSPS) is 36.2. The van der Waals surface area contributed by atoms with Gasteiger partial charge in [-0.05, 0) is 35.5 Å². The van der Waals surface area contributed by atoms with Crippen molar-refractivity contribution in [3.63, 3.8) is 0 Å². The van der Waals surface area contributed by atoms with Gasteiger partial charge >= 0.3 is 0 Å². The molecule has 0 aromatic rings. The van der Waals surface area contributed by atoms with Crippen LogP contribution in [0.25, 0.3) is 0 Å². The van der Waals surface area contributed by atoms with Gasteiger partial charge < -0.3 is 5.32 Å². The minimum absolute atomic E-state index is 0.484. The molecule has 1 heteroatoms. The second kappa shape index (κ2) is 4.26. The predicted molar refractivity (Wildman–Crippen MR) is 75.1 cm³/mol. The van der Waals surface area contributed by atoms with Crippen LogP contribution < -0.4 is 5.32 Å². The van der Waals surface area contributed by atoms with Gasteiger partial charge in [-0.3, -0.25) is 0 Å². The molecular formula is C16H31N. The predicted octanol–water partition coefficient (Wildman–Crippen LogP) is 4.23. The molecule has 0 aliphatic heterocycles. The van der Waals surface area contributed by atoms with Crippen LogP contribution in [0.2, 0.25) is 0 Å². The third kappa shape index (κ3) is 2.28. The van der Waals surface area contributed by atoms with Crippen molar-refractivity contribution in [1.82, 2.24) is 5.32 Å². The monoisotopic (exact) mass is 237 g/mol. The molecular weight excluding hydrogens is 206 g/mol. The molecule has 0 radical (unpaired) electrons. The Balaban J connectivity index is 1.89. The Labute approximate surface area is 108 Å². The van der Waals surface area contributed by atoms with Gasteiger partial charge in [0, 0.05) is 12.1 Å². The molecule has 0 bridgehead atoms. The van der Waals surface area contributed by atoms with Crippen LogP contribution in [0.1, 0.15) is 67.2 Å². The standard InChI is InChI=1S/C16H31N/c1-11(2)12-8-7-9-13(10-12)17-14-15(3,4)16(14,5)6/h11-14,17H,7-10H2,1-6H3. The molecule has 2 aliphatic carbocycles. The Kier molecular flexibility index (Phi) is 3.36. The number of hydrogen-bond donors (Lipinski definition) is 1. The Hall–Kier alpha value is -0.0400. The van der Waals surface area contributed by atoms with E-state index in [9.17, 15) is 0 Å². The molecule has 2 fully saturated rings. The summed E-state index contributed by atoms with van der Waals surface area (Å²) in [6, 6.07) is 1.51. The highest BCUT2D eigenvalue weighted by Crippen LogP contribution is 2.63. The van der Waals surface area contributed by atoms with Gasteiger partial charge in [-0.2, -0.15) is 0 Å². The molecule has 100 valence electrons. The van der Waals surface area contributed by atoms with Crippen LogP contribution in [0.15, 0.2) is 0 Å². The van der Waals surface area contributed by atoms with Crippen molar-refractivity contribution in [1.29, 1.82) is 0 Å². The highest BCUT2D eigenvalue weighted by Gasteiger charge is 2.64. The van der Waals surface area contributed by atoms with Gasteiger partial charge in [0.05, 0.1) is 0 Å². The molecule has 17 heavy (non-hydrogen) atoms. The zero-order chi connectivity index (χ0) is 12.8. The molecule has 2 aliphatic rings. The molecule has 2 saturated carbocycles. The quantitative estimate of drug-likeness (QED) is 0.774. The van der Waals surface area contributed by atoms with Gasteiger partial charge in [0.25, 0.3) is 0 Å². The van der Waals surface area contributed by atoms with E-state index in [2.05, 4.69) is 46.9 Å². The van der Waals surface area contributed by atoms with E-state index in [1.165, 1.54) is 25.7 Å². The summed E-state index contributed by atoms with van der Waals surface area (Å²) in [7, 11) is 0. The summed E-state index contributed by atoms with van der Waals surface area (Å²) in [5.41, 5.74) is 0.968. The molecule has 1 nitrogen and oxygen atoms in total. The van der Waals surface area contributed by atoms with Crippen molar-refractivity contribution in [2.75, 3.05) is 0 Å². The summed E-state index contributed by atoms with van der Waals surface area (Å²) >= 11 is 0. The summed E-state index contributed by atoms with van der Waals surface area (Å²) in [6.07, 6.45) is 5.67. The summed E-state index contributed by atoms with van der Waals surface area (Å²) in [5, 5.41) is 3.96. The van der Waals surface area contributed by atoms with Crippen molar-refractivity contribution < 1.29 is 0 Å². The topological polar surface area (TPSA) is 12.0 Å². The molecule has 0 amide bonds. The van der Waals surface area contributed by atoms with E-state index in [0.717, 1.165) is 23.9 Å². The van der Waals surface area contributed by atoms with Gasteiger partial charge in [-0.15, -0.1) is 0 Å². The highest BCUT2D eigenvalue weighted by molar-refractivity contribution is 5.18. The fraction of sp³-hybridized carbons (Fsp3) is 1.00. The van der Waals surface area contributed by atoms with E-state index in [0.29, 0.717) is 10.8 Å². The second-order valence-electron chi connectivity index (χ2n) is 7.91. The largest absolute Gasteiger partial charge is 0.310 e. The SMILES string of the molecule is CC(C)C1CCCC(NC2C(C)(C)C2(C)C)C1. The molecule has 0 aromatic carbocycles. The number of rotatable bonds is 3. The van der Waals surface area contributed by atoms with Gasteiger partial charge in [-0.1, -0.05) is 54.4 Å². The van der Waals surface area contributed by atoms with Crippen molar-refractivity contribution in [3.05, 3.63) is 0 Å². The fourth-order valence-corrected chi connectivity index (χ4v) is 3.83. The average molecular weight is 237 g/mol. The van der Waals surface area contributed by atoms with Crippen molar-refractivity contribution in [3.8, 4) is 0 Å². The molecule has 0 saturated heterocycles. The summed E-state index contributed by atoms with van der Waals surface area (Å²) < 4.78 is 0. The Bertz CT molecular complexity index is 263. The average Bonchev–Trinajstić information content (AvgIpc) is 2.61. The first-order chi connectivity index (χ1) is 7.76. The highest BCUT2D eigenvalue weighted by atomic mass is 15.1. The minimum Gasteiger partial charge on any atom is -0.310 e. The van der Waals surface area contributed by atoms with Crippen LogP contribution in [0, 0.1) is 22.7 Å². The molecule has 2 rings (SSSR count). The molecule has 0 aromatic heterocycles. The lowest BCUT2D eigenvalue weighted by molar-refractivity contribution is 0.225. The van der Waals surface area contributed by atoms with E-state index in [4.69, 9.17) is 0 Å². The van der Waals surface area contributed by atoms with E-state index < -0.39 is 0 Å². The summed E-state index contributed by atoms with van der Waals surface area (Å²) in [6.45, 7) is 14.4. The minimum atomic E-state index is 0.484. The summed E-state index contributed by atoms with van der Waals surface area (Å²) in [4.78, 5) is 0. The Morgan fingerprint density at radius 1 is 1.00 bits per heavy atom. The lowest BCUT2D eigenvalue weighted by Crippen LogP contribution is -2.39. The lowest BCUT2D eigenvalue weighted by Gasteiger charge is -2.32. The Morgan fingerprint density at radius 2 is 1.59 bits per heavy atom. The lowest BCUT2D eigenvalue weighted by atomic mass is 9.79. The van der Waals surface area contributed by atoms with E-state index >= 15 is 0 Å². The van der Waals surface area contributed by atoms with Crippen LogP contribution in [-0.2, 0) is 0 Å². The van der Waals surface area contributed by atoms with Crippen LogP contribution in [0.5, 0.6) is 0 Å². The van der Waals surface area contributed by atoms with Gasteiger partial charge in [0.15, 0.2) is 0 Å². The van der Waals surface area contributed by atoms with Crippen LogP contribution in [-0.4, -0.2) is 12.1 Å². The van der Waals surface area contributed by atoms with E-state index in [1.807, 2.05) is 0 Å². The Morgan fingerprint density at radius 3 is 2.06 bits per heavy atom. The third-order valence-corrected chi connectivity index (χ3v) is 6.08. The van der Waals surface area contributed by atoms with Gasteiger partial charge in [-0.25, -0.2) is 0 Å². The molecule has 2 unspecified atom stereocenters. The fourth-order valence-electron chi connectivity index (χ4n) is 3.83. The van der Waals surface area contributed by atoms with Crippen LogP contribution in [0.3, 0.4) is 0 Å². The van der Waals surface area contributed by atoms with Crippen molar-refractivity contribution in [2.24, 2.45) is 22.7 Å². The molecule has 1 N–H and O–H groups in total.